The molecule has 0 saturated heterocycles. The SMILES string of the molecule is c1ccc2cc(Cc3cc4ccccc4s3)ccc2c1. The van der Waals surface area contributed by atoms with Crippen LogP contribution in [0.15, 0.2) is 72.8 Å². The van der Waals surface area contributed by atoms with E-state index in [9.17, 15) is 0 Å². The van der Waals surface area contributed by atoms with E-state index in [1.807, 2.05) is 11.3 Å². The van der Waals surface area contributed by atoms with Crippen molar-refractivity contribution in [1.29, 1.82) is 0 Å². The van der Waals surface area contributed by atoms with Crippen molar-refractivity contribution in [2.75, 3.05) is 0 Å². The van der Waals surface area contributed by atoms with E-state index >= 15 is 0 Å². The van der Waals surface area contributed by atoms with Gasteiger partial charge in [0.25, 0.3) is 0 Å². The Morgan fingerprint density at radius 2 is 1.40 bits per heavy atom. The summed E-state index contributed by atoms with van der Waals surface area (Å²) in [4.78, 5) is 1.43. The summed E-state index contributed by atoms with van der Waals surface area (Å²) < 4.78 is 1.38. The van der Waals surface area contributed by atoms with E-state index in [1.165, 1.54) is 31.3 Å². The van der Waals surface area contributed by atoms with Crippen LogP contribution in [-0.4, -0.2) is 0 Å². The fourth-order valence-electron chi connectivity index (χ4n) is 2.67. The van der Waals surface area contributed by atoms with Gasteiger partial charge in [0.15, 0.2) is 0 Å². The highest BCUT2D eigenvalue weighted by atomic mass is 32.1. The largest absolute Gasteiger partial charge is 0.140 e. The van der Waals surface area contributed by atoms with Crippen LogP contribution in [0.2, 0.25) is 0 Å². The highest BCUT2D eigenvalue weighted by molar-refractivity contribution is 7.19. The van der Waals surface area contributed by atoms with Gasteiger partial charge in [-0.05, 0) is 33.9 Å². The van der Waals surface area contributed by atoms with Gasteiger partial charge in [0.05, 0.1) is 0 Å². The van der Waals surface area contributed by atoms with Gasteiger partial charge in [-0.1, -0.05) is 60.7 Å². The van der Waals surface area contributed by atoms with Crippen molar-refractivity contribution in [2.45, 2.75) is 6.42 Å². The molecule has 1 heteroatoms. The van der Waals surface area contributed by atoms with Gasteiger partial charge < -0.3 is 0 Å². The Labute approximate surface area is 122 Å². The Kier molecular flexibility index (Phi) is 2.79. The minimum Gasteiger partial charge on any atom is -0.140 e. The molecule has 0 aliphatic rings. The fourth-order valence-corrected chi connectivity index (χ4v) is 3.77. The first-order valence-corrected chi connectivity index (χ1v) is 7.65. The van der Waals surface area contributed by atoms with Gasteiger partial charge in [-0.2, -0.15) is 0 Å². The molecule has 0 amide bonds. The summed E-state index contributed by atoms with van der Waals surface area (Å²) in [5.41, 5.74) is 1.38. The van der Waals surface area contributed by atoms with Crippen molar-refractivity contribution in [1.82, 2.24) is 0 Å². The number of hydrogen-bond donors (Lipinski definition) is 0. The monoisotopic (exact) mass is 274 g/mol. The summed E-state index contributed by atoms with van der Waals surface area (Å²) in [5, 5.41) is 3.99. The van der Waals surface area contributed by atoms with Crippen LogP contribution >= 0.6 is 11.3 Å². The van der Waals surface area contributed by atoms with E-state index in [-0.39, 0.29) is 0 Å². The molecule has 0 fully saturated rings. The molecule has 4 rings (SSSR count). The third kappa shape index (κ3) is 2.10. The maximum Gasteiger partial charge on any atom is 0.0345 e. The van der Waals surface area contributed by atoms with Crippen LogP contribution < -0.4 is 0 Å². The van der Waals surface area contributed by atoms with E-state index in [0.29, 0.717) is 0 Å². The second kappa shape index (κ2) is 4.77. The first-order chi connectivity index (χ1) is 9.88. The molecule has 3 aromatic carbocycles. The zero-order valence-corrected chi connectivity index (χ0v) is 11.9. The van der Waals surface area contributed by atoms with E-state index in [2.05, 4.69) is 72.8 Å². The van der Waals surface area contributed by atoms with Gasteiger partial charge in [0, 0.05) is 16.0 Å². The lowest BCUT2D eigenvalue weighted by atomic mass is 10.0. The Morgan fingerprint density at radius 1 is 0.650 bits per heavy atom. The number of fused-ring (bicyclic) bond motifs is 2. The van der Waals surface area contributed by atoms with E-state index in [4.69, 9.17) is 0 Å². The average Bonchev–Trinajstić information content (AvgIpc) is 2.89. The van der Waals surface area contributed by atoms with Crippen LogP contribution in [0.1, 0.15) is 10.4 Å². The highest BCUT2D eigenvalue weighted by Crippen LogP contribution is 2.27. The molecule has 4 aromatic rings. The summed E-state index contributed by atoms with van der Waals surface area (Å²) in [6.07, 6.45) is 1.02. The molecule has 20 heavy (non-hydrogen) atoms. The molecule has 1 heterocycles. The molecule has 0 saturated carbocycles. The Balaban J connectivity index is 1.72. The molecule has 96 valence electrons. The number of rotatable bonds is 2. The number of benzene rings is 3. The van der Waals surface area contributed by atoms with Crippen molar-refractivity contribution in [3.63, 3.8) is 0 Å². The van der Waals surface area contributed by atoms with Crippen LogP contribution in [0, 0.1) is 0 Å². The maximum atomic E-state index is 2.31. The molecule has 0 atom stereocenters. The van der Waals surface area contributed by atoms with Crippen molar-refractivity contribution >= 4 is 32.2 Å². The van der Waals surface area contributed by atoms with Crippen molar-refractivity contribution in [3.05, 3.63) is 83.2 Å². The molecule has 0 unspecified atom stereocenters. The van der Waals surface area contributed by atoms with Gasteiger partial charge >= 0.3 is 0 Å². The smallest absolute Gasteiger partial charge is 0.0345 e. The van der Waals surface area contributed by atoms with Gasteiger partial charge in [-0.25, -0.2) is 0 Å². The highest BCUT2D eigenvalue weighted by Gasteiger charge is 2.03. The van der Waals surface area contributed by atoms with Gasteiger partial charge in [-0.15, -0.1) is 11.3 Å². The van der Waals surface area contributed by atoms with E-state index in [0.717, 1.165) is 6.42 Å². The Bertz CT molecular complexity index is 853. The van der Waals surface area contributed by atoms with Crippen LogP contribution in [0.3, 0.4) is 0 Å². The standard InChI is InChI=1S/C19H14S/c1-2-6-16-11-14(9-10-15(16)5-1)12-18-13-17-7-3-4-8-19(17)20-18/h1-11,13H,12H2. The molecule has 0 aliphatic heterocycles. The van der Waals surface area contributed by atoms with Gasteiger partial charge in [0.2, 0.25) is 0 Å². The second-order valence-corrected chi connectivity index (χ2v) is 6.28. The van der Waals surface area contributed by atoms with Crippen LogP contribution in [0.25, 0.3) is 20.9 Å². The summed E-state index contributed by atoms with van der Waals surface area (Å²) in [6.45, 7) is 0. The number of thiophene rings is 1. The topological polar surface area (TPSA) is 0 Å². The predicted molar refractivity (Wildman–Crippen MR) is 88.6 cm³/mol. The van der Waals surface area contributed by atoms with Gasteiger partial charge in [0.1, 0.15) is 0 Å². The minimum absolute atomic E-state index is 1.02. The molecule has 0 N–H and O–H groups in total. The van der Waals surface area contributed by atoms with Crippen molar-refractivity contribution in [2.24, 2.45) is 0 Å². The maximum absolute atomic E-state index is 2.31. The van der Waals surface area contributed by atoms with Gasteiger partial charge in [-0.3, -0.25) is 0 Å². The zero-order valence-electron chi connectivity index (χ0n) is 11.0. The average molecular weight is 274 g/mol. The zero-order chi connectivity index (χ0) is 13.4. The molecule has 0 radical (unpaired) electrons. The van der Waals surface area contributed by atoms with Crippen LogP contribution in [0.4, 0.5) is 0 Å². The minimum atomic E-state index is 1.02. The summed E-state index contributed by atoms with van der Waals surface area (Å²) in [6, 6.07) is 26.2. The third-order valence-electron chi connectivity index (χ3n) is 3.67. The Morgan fingerprint density at radius 3 is 2.25 bits per heavy atom. The molecule has 0 nitrogen and oxygen atoms in total. The lowest BCUT2D eigenvalue weighted by molar-refractivity contribution is 1.25. The van der Waals surface area contributed by atoms with Crippen molar-refractivity contribution < 1.29 is 0 Å². The summed E-state index contributed by atoms with van der Waals surface area (Å²) in [5.74, 6) is 0. The predicted octanol–water partition coefficient (Wildman–Crippen LogP) is 5.65. The first-order valence-electron chi connectivity index (χ1n) is 6.84. The normalized spacial score (nSPS) is 11.2. The van der Waals surface area contributed by atoms with Crippen LogP contribution in [-0.2, 0) is 6.42 Å². The number of hydrogen-bond acceptors (Lipinski definition) is 1. The van der Waals surface area contributed by atoms with E-state index < -0.39 is 0 Å². The molecular formula is C19H14S. The fraction of sp³-hybridized carbons (Fsp3) is 0.0526. The molecule has 0 aliphatic carbocycles. The molecule has 1 aromatic heterocycles. The van der Waals surface area contributed by atoms with E-state index in [1.54, 1.807) is 0 Å². The third-order valence-corrected chi connectivity index (χ3v) is 4.78. The molecular weight excluding hydrogens is 260 g/mol. The quantitative estimate of drug-likeness (QED) is 0.443. The summed E-state index contributed by atoms with van der Waals surface area (Å²) >= 11 is 1.90. The first kappa shape index (κ1) is 11.7. The summed E-state index contributed by atoms with van der Waals surface area (Å²) in [7, 11) is 0. The van der Waals surface area contributed by atoms with Crippen molar-refractivity contribution in [3.8, 4) is 0 Å². The lowest BCUT2D eigenvalue weighted by Crippen LogP contribution is -1.84. The molecule has 0 spiro atoms. The lowest BCUT2D eigenvalue weighted by Gasteiger charge is -2.02. The molecule has 0 bridgehead atoms. The van der Waals surface area contributed by atoms with Crippen LogP contribution in [0.5, 0.6) is 0 Å². The Hall–Kier alpha value is -2.12. The second-order valence-electron chi connectivity index (χ2n) is 5.11.